The highest BCUT2D eigenvalue weighted by atomic mass is 32.2. The number of carbonyl (C=O) groups is 1. The van der Waals surface area contributed by atoms with E-state index in [4.69, 9.17) is 0 Å². The first-order chi connectivity index (χ1) is 15.5. The van der Waals surface area contributed by atoms with Crippen molar-refractivity contribution in [1.82, 2.24) is 24.5 Å². The normalized spacial score (nSPS) is 11.1. The van der Waals surface area contributed by atoms with E-state index < -0.39 is 0 Å². The van der Waals surface area contributed by atoms with Gasteiger partial charge in [0.15, 0.2) is 5.16 Å². The van der Waals surface area contributed by atoms with Gasteiger partial charge in [0.25, 0.3) is 0 Å². The molecule has 1 amide bonds. The first kappa shape index (κ1) is 21.8. The van der Waals surface area contributed by atoms with Gasteiger partial charge in [-0.25, -0.2) is 4.68 Å². The fourth-order valence-corrected chi connectivity index (χ4v) is 4.08. The fraction of sp³-hybridized carbons (Fsp3) is 0.250. The van der Waals surface area contributed by atoms with Crippen LogP contribution in [-0.4, -0.2) is 36.2 Å². The third kappa shape index (κ3) is 5.26. The number of amides is 1. The smallest absolute Gasteiger partial charge is 0.235 e. The van der Waals surface area contributed by atoms with Crippen LogP contribution in [0.15, 0.2) is 72.1 Å². The van der Waals surface area contributed by atoms with Gasteiger partial charge in [0.05, 0.1) is 18.0 Å². The van der Waals surface area contributed by atoms with Gasteiger partial charge in [-0.1, -0.05) is 68.1 Å². The minimum atomic E-state index is -0.117. The molecule has 0 bridgehead atoms. The van der Waals surface area contributed by atoms with E-state index >= 15 is 0 Å². The highest BCUT2D eigenvalue weighted by Crippen LogP contribution is 2.22. The van der Waals surface area contributed by atoms with Crippen LogP contribution in [0, 0.1) is 6.92 Å². The Hall–Kier alpha value is -3.39. The molecule has 0 aliphatic carbocycles. The Labute approximate surface area is 191 Å². The van der Waals surface area contributed by atoms with E-state index in [1.165, 1.54) is 17.3 Å². The molecule has 164 valence electrons. The van der Waals surface area contributed by atoms with Crippen molar-refractivity contribution < 1.29 is 4.79 Å². The van der Waals surface area contributed by atoms with E-state index in [0.717, 1.165) is 16.9 Å². The van der Waals surface area contributed by atoms with Crippen molar-refractivity contribution in [2.75, 3.05) is 11.1 Å². The van der Waals surface area contributed by atoms with E-state index in [9.17, 15) is 4.79 Å². The number of aryl methyl sites for hydroxylation is 1. The predicted molar refractivity (Wildman–Crippen MR) is 127 cm³/mol. The molecule has 7 nitrogen and oxygen atoms in total. The lowest BCUT2D eigenvalue weighted by Gasteiger charge is -2.10. The Morgan fingerprint density at radius 3 is 2.56 bits per heavy atom. The molecule has 32 heavy (non-hydrogen) atoms. The maximum absolute atomic E-state index is 12.7. The molecule has 2 heterocycles. The Morgan fingerprint density at radius 1 is 1.09 bits per heavy atom. The summed E-state index contributed by atoms with van der Waals surface area (Å²) >= 11 is 1.35. The SMILES string of the molecule is Cc1cc(NC(=O)CSc2nncn2-c2ccc(C(C)C)cc2)n(Cc2ccccc2)n1. The summed E-state index contributed by atoms with van der Waals surface area (Å²) in [5.41, 5.74) is 4.22. The van der Waals surface area contributed by atoms with E-state index in [2.05, 4.69) is 46.6 Å². The van der Waals surface area contributed by atoms with Crippen molar-refractivity contribution >= 4 is 23.5 Å². The lowest BCUT2D eigenvalue weighted by Crippen LogP contribution is -2.18. The second-order valence-electron chi connectivity index (χ2n) is 7.88. The second-order valence-corrected chi connectivity index (χ2v) is 8.82. The van der Waals surface area contributed by atoms with E-state index in [0.29, 0.717) is 23.4 Å². The molecule has 2 aromatic carbocycles. The number of nitrogens with one attached hydrogen (secondary N) is 1. The van der Waals surface area contributed by atoms with Gasteiger partial charge in [-0.05, 0) is 36.1 Å². The highest BCUT2D eigenvalue weighted by molar-refractivity contribution is 7.99. The van der Waals surface area contributed by atoms with Crippen LogP contribution in [0.3, 0.4) is 0 Å². The zero-order valence-corrected chi connectivity index (χ0v) is 19.2. The van der Waals surface area contributed by atoms with Crippen LogP contribution in [0.2, 0.25) is 0 Å². The number of hydrogen-bond donors (Lipinski definition) is 1. The molecule has 1 N–H and O–H groups in total. The molecule has 0 aliphatic rings. The number of nitrogens with zero attached hydrogens (tertiary/aromatic N) is 5. The Bertz CT molecular complexity index is 1180. The molecule has 0 unspecified atom stereocenters. The average molecular weight is 447 g/mol. The Balaban J connectivity index is 1.40. The fourth-order valence-electron chi connectivity index (χ4n) is 3.35. The maximum atomic E-state index is 12.7. The molecule has 0 spiro atoms. The molecular formula is C24H26N6OS. The van der Waals surface area contributed by atoms with E-state index in [-0.39, 0.29) is 11.7 Å². The molecule has 0 aliphatic heterocycles. The number of anilines is 1. The van der Waals surface area contributed by atoms with Crippen LogP contribution in [0.25, 0.3) is 5.69 Å². The third-order valence-corrected chi connectivity index (χ3v) is 5.97. The van der Waals surface area contributed by atoms with Crippen LogP contribution in [0.5, 0.6) is 0 Å². The Morgan fingerprint density at radius 2 is 1.84 bits per heavy atom. The lowest BCUT2D eigenvalue weighted by molar-refractivity contribution is -0.113. The predicted octanol–water partition coefficient (Wildman–Crippen LogP) is 4.67. The van der Waals surface area contributed by atoms with Crippen molar-refractivity contribution in [3.63, 3.8) is 0 Å². The standard InChI is InChI=1S/C24H26N6OS/c1-17(2)20-9-11-21(12-10-20)29-16-25-27-24(29)32-15-23(31)26-22-13-18(3)28-30(22)14-19-7-5-4-6-8-19/h4-13,16-17H,14-15H2,1-3H3,(H,26,31). The molecule has 0 saturated heterocycles. The first-order valence-electron chi connectivity index (χ1n) is 10.5. The summed E-state index contributed by atoms with van der Waals surface area (Å²) in [7, 11) is 0. The molecule has 0 radical (unpaired) electrons. The monoisotopic (exact) mass is 446 g/mol. The summed E-state index contributed by atoms with van der Waals surface area (Å²) in [6.45, 7) is 6.85. The lowest BCUT2D eigenvalue weighted by atomic mass is 10.0. The molecule has 0 atom stereocenters. The summed E-state index contributed by atoms with van der Waals surface area (Å²) < 4.78 is 3.71. The number of benzene rings is 2. The summed E-state index contributed by atoms with van der Waals surface area (Å²) in [4.78, 5) is 12.7. The van der Waals surface area contributed by atoms with Crippen LogP contribution >= 0.6 is 11.8 Å². The molecule has 0 fully saturated rings. The second kappa shape index (κ2) is 9.82. The third-order valence-electron chi connectivity index (χ3n) is 5.03. The van der Waals surface area contributed by atoms with Gasteiger partial charge in [-0.2, -0.15) is 5.10 Å². The number of rotatable bonds is 8. The number of thioether (sulfide) groups is 1. The van der Waals surface area contributed by atoms with Crippen molar-refractivity contribution in [2.45, 2.75) is 38.4 Å². The average Bonchev–Trinajstić information content (AvgIpc) is 3.39. The van der Waals surface area contributed by atoms with Crippen LogP contribution < -0.4 is 5.32 Å². The zero-order chi connectivity index (χ0) is 22.5. The molecule has 4 rings (SSSR count). The summed E-state index contributed by atoms with van der Waals surface area (Å²) in [6.07, 6.45) is 1.67. The molecule has 4 aromatic rings. The topological polar surface area (TPSA) is 77.6 Å². The van der Waals surface area contributed by atoms with Crippen molar-refractivity contribution in [3.8, 4) is 5.69 Å². The van der Waals surface area contributed by atoms with Crippen molar-refractivity contribution in [1.29, 1.82) is 0 Å². The van der Waals surface area contributed by atoms with E-state index in [1.807, 2.05) is 64.7 Å². The number of aromatic nitrogens is 5. The first-order valence-corrected chi connectivity index (χ1v) is 11.5. The molecule has 0 saturated carbocycles. The van der Waals surface area contributed by atoms with Crippen molar-refractivity contribution in [3.05, 3.63) is 83.8 Å². The maximum Gasteiger partial charge on any atom is 0.235 e. The van der Waals surface area contributed by atoms with Gasteiger partial charge in [0, 0.05) is 11.8 Å². The molecule has 2 aromatic heterocycles. The molecule has 8 heteroatoms. The number of carbonyl (C=O) groups excluding carboxylic acids is 1. The zero-order valence-electron chi connectivity index (χ0n) is 18.4. The van der Waals surface area contributed by atoms with Gasteiger partial charge >= 0.3 is 0 Å². The Kier molecular flexibility index (Phi) is 6.70. The van der Waals surface area contributed by atoms with Gasteiger partial charge < -0.3 is 5.32 Å². The van der Waals surface area contributed by atoms with Crippen LogP contribution in [-0.2, 0) is 11.3 Å². The van der Waals surface area contributed by atoms with Gasteiger partial charge in [0.1, 0.15) is 12.1 Å². The van der Waals surface area contributed by atoms with Crippen LogP contribution in [0.4, 0.5) is 5.82 Å². The highest BCUT2D eigenvalue weighted by Gasteiger charge is 2.13. The van der Waals surface area contributed by atoms with E-state index in [1.54, 1.807) is 6.33 Å². The molecular weight excluding hydrogens is 420 g/mol. The minimum Gasteiger partial charge on any atom is -0.310 e. The van der Waals surface area contributed by atoms with Crippen LogP contribution in [0.1, 0.15) is 36.6 Å². The van der Waals surface area contributed by atoms with Gasteiger partial charge in [-0.15, -0.1) is 10.2 Å². The quantitative estimate of drug-likeness (QED) is 0.398. The van der Waals surface area contributed by atoms with Crippen molar-refractivity contribution in [2.24, 2.45) is 0 Å². The largest absolute Gasteiger partial charge is 0.310 e. The number of hydrogen-bond acceptors (Lipinski definition) is 5. The summed E-state index contributed by atoms with van der Waals surface area (Å²) in [5.74, 6) is 1.26. The van der Waals surface area contributed by atoms with Gasteiger partial charge in [0.2, 0.25) is 5.91 Å². The summed E-state index contributed by atoms with van der Waals surface area (Å²) in [5, 5.41) is 16.4. The summed E-state index contributed by atoms with van der Waals surface area (Å²) in [6, 6.07) is 20.2. The minimum absolute atomic E-state index is 0.117. The van der Waals surface area contributed by atoms with Gasteiger partial charge in [-0.3, -0.25) is 9.36 Å².